The number of fused-ring (bicyclic) bond motifs is 1. The van der Waals surface area contributed by atoms with Crippen LogP contribution in [0.3, 0.4) is 0 Å². The van der Waals surface area contributed by atoms with Crippen LogP contribution in [0.15, 0.2) is 36.5 Å². The molecular formula is C17H20N6O. The lowest BCUT2D eigenvalue weighted by molar-refractivity contribution is 0.0943. The molecule has 1 aromatic carbocycles. The number of amides is 1. The molecule has 7 nitrogen and oxygen atoms in total. The monoisotopic (exact) mass is 324 g/mol. The lowest BCUT2D eigenvalue weighted by Gasteiger charge is -2.22. The molecule has 0 spiro atoms. The number of nitrogens with zero attached hydrogens (tertiary/aromatic N) is 3. The second kappa shape index (κ2) is 6.45. The van der Waals surface area contributed by atoms with Gasteiger partial charge >= 0.3 is 0 Å². The van der Waals surface area contributed by atoms with Gasteiger partial charge in [-0.3, -0.25) is 9.48 Å². The summed E-state index contributed by atoms with van der Waals surface area (Å²) in [7, 11) is 0. The molecule has 3 aromatic rings. The minimum atomic E-state index is -0.182. The molecule has 1 saturated heterocycles. The average Bonchev–Trinajstić information content (AvgIpc) is 3.27. The van der Waals surface area contributed by atoms with Gasteiger partial charge in [-0.1, -0.05) is 12.1 Å². The van der Waals surface area contributed by atoms with Crippen molar-refractivity contribution in [3.05, 3.63) is 48.0 Å². The van der Waals surface area contributed by atoms with Crippen molar-refractivity contribution >= 4 is 16.9 Å². The van der Waals surface area contributed by atoms with Crippen molar-refractivity contribution in [2.75, 3.05) is 13.1 Å². The summed E-state index contributed by atoms with van der Waals surface area (Å²) in [5, 5.41) is 10.6. The second-order valence-electron chi connectivity index (χ2n) is 6.06. The number of benzene rings is 1. The maximum Gasteiger partial charge on any atom is 0.272 e. The number of para-hydroxylation sites is 2. The van der Waals surface area contributed by atoms with E-state index in [9.17, 15) is 4.79 Å². The van der Waals surface area contributed by atoms with Crippen molar-refractivity contribution in [1.29, 1.82) is 0 Å². The number of piperidine rings is 1. The predicted molar refractivity (Wildman–Crippen MR) is 90.6 cm³/mol. The lowest BCUT2D eigenvalue weighted by atomic mass is 10.1. The average molecular weight is 324 g/mol. The zero-order valence-corrected chi connectivity index (χ0v) is 13.3. The Labute approximate surface area is 139 Å². The zero-order valence-electron chi connectivity index (χ0n) is 13.3. The van der Waals surface area contributed by atoms with Crippen LogP contribution in [-0.4, -0.2) is 38.7 Å². The van der Waals surface area contributed by atoms with E-state index >= 15 is 0 Å². The Bertz CT molecular complexity index is 813. The molecule has 3 heterocycles. The predicted octanol–water partition coefficient (Wildman–Crippen LogP) is 1.61. The van der Waals surface area contributed by atoms with Gasteiger partial charge in [-0.25, -0.2) is 4.98 Å². The molecule has 7 heteroatoms. The number of hydrogen-bond donors (Lipinski definition) is 3. The van der Waals surface area contributed by atoms with Crippen molar-refractivity contribution in [2.24, 2.45) is 0 Å². The summed E-state index contributed by atoms with van der Waals surface area (Å²) in [5.74, 6) is 0.554. The van der Waals surface area contributed by atoms with E-state index in [1.165, 1.54) is 0 Å². The SMILES string of the molecule is O=C(NCc1nc2ccccc2[nH]1)c1ccn(C2CCCNC2)n1. The molecule has 1 fully saturated rings. The van der Waals surface area contributed by atoms with Crippen LogP contribution in [0.25, 0.3) is 11.0 Å². The van der Waals surface area contributed by atoms with E-state index in [1.807, 2.05) is 35.1 Å². The highest BCUT2D eigenvalue weighted by Gasteiger charge is 2.17. The Morgan fingerprint density at radius 3 is 3.08 bits per heavy atom. The number of imidazole rings is 1. The van der Waals surface area contributed by atoms with E-state index in [0.717, 1.165) is 42.8 Å². The Morgan fingerprint density at radius 1 is 1.33 bits per heavy atom. The molecule has 2 aromatic heterocycles. The molecule has 0 radical (unpaired) electrons. The van der Waals surface area contributed by atoms with Gasteiger partial charge in [-0.15, -0.1) is 0 Å². The molecule has 0 aliphatic carbocycles. The van der Waals surface area contributed by atoms with Gasteiger partial charge in [-0.2, -0.15) is 5.10 Å². The van der Waals surface area contributed by atoms with Gasteiger partial charge < -0.3 is 15.6 Å². The molecule has 0 saturated carbocycles. The van der Waals surface area contributed by atoms with Gasteiger partial charge in [0.05, 0.1) is 23.6 Å². The topological polar surface area (TPSA) is 87.6 Å². The summed E-state index contributed by atoms with van der Waals surface area (Å²) in [6.07, 6.45) is 4.11. The molecule has 1 atom stereocenters. The number of H-pyrrole nitrogens is 1. The lowest BCUT2D eigenvalue weighted by Crippen LogP contribution is -2.32. The summed E-state index contributed by atoms with van der Waals surface area (Å²) in [4.78, 5) is 19.9. The van der Waals surface area contributed by atoms with E-state index in [1.54, 1.807) is 6.07 Å². The van der Waals surface area contributed by atoms with Gasteiger partial charge in [-0.05, 0) is 37.6 Å². The fourth-order valence-corrected chi connectivity index (χ4v) is 3.07. The van der Waals surface area contributed by atoms with E-state index in [0.29, 0.717) is 18.3 Å². The van der Waals surface area contributed by atoms with Gasteiger partial charge in [0.1, 0.15) is 11.5 Å². The van der Waals surface area contributed by atoms with Crippen LogP contribution in [0.5, 0.6) is 0 Å². The molecular weight excluding hydrogens is 304 g/mol. The summed E-state index contributed by atoms with van der Waals surface area (Å²) in [6.45, 7) is 2.32. The van der Waals surface area contributed by atoms with Crippen LogP contribution >= 0.6 is 0 Å². The maximum atomic E-state index is 12.3. The Balaban J connectivity index is 1.39. The molecule has 1 unspecified atom stereocenters. The van der Waals surface area contributed by atoms with Crippen molar-refractivity contribution in [2.45, 2.75) is 25.4 Å². The fourth-order valence-electron chi connectivity index (χ4n) is 3.07. The minimum absolute atomic E-state index is 0.182. The number of hydrogen-bond acceptors (Lipinski definition) is 4. The molecule has 1 amide bonds. The Hall–Kier alpha value is -2.67. The first-order valence-electron chi connectivity index (χ1n) is 8.27. The molecule has 24 heavy (non-hydrogen) atoms. The van der Waals surface area contributed by atoms with E-state index < -0.39 is 0 Å². The number of rotatable bonds is 4. The third kappa shape index (κ3) is 3.03. The van der Waals surface area contributed by atoms with Crippen LogP contribution in [0.4, 0.5) is 0 Å². The second-order valence-corrected chi connectivity index (χ2v) is 6.06. The first-order valence-corrected chi connectivity index (χ1v) is 8.27. The van der Waals surface area contributed by atoms with E-state index in [-0.39, 0.29) is 5.91 Å². The standard InChI is InChI=1S/C17H20N6O/c24-17(15-7-9-23(22-15)12-4-3-8-18-10-12)19-11-16-20-13-5-1-2-6-14(13)21-16/h1-2,5-7,9,12,18H,3-4,8,10-11H2,(H,19,24)(H,20,21). The molecule has 124 valence electrons. The molecule has 0 bridgehead atoms. The third-order valence-electron chi connectivity index (χ3n) is 4.34. The molecule has 1 aliphatic rings. The Morgan fingerprint density at radius 2 is 2.25 bits per heavy atom. The van der Waals surface area contributed by atoms with Gasteiger partial charge in [0.15, 0.2) is 0 Å². The van der Waals surface area contributed by atoms with Gasteiger partial charge in [0, 0.05) is 12.7 Å². The summed E-state index contributed by atoms with van der Waals surface area (Å²) < 4.78 is 1.89. The molecule has 4 rings (SSSR count). The van der Waals surface area contributed by atoms with Crippen LogP contribution in [0.1, 0.15) is 35.2 Å². The summed E-state index contributed by atoms with van der Waals surface area (Å²) in [6, 6.07) is 9.90. The van der Waals surface area contributed by atoms with E-state index in [2.05, 4.69) is 25.7 Å². The normalized spacial score (nSPS) is 17.9. The highest BCUT2D eigenvalue weighted by Crippen LogP contribution is 2.15. The van der Waals surface area contributed by atoms with Crippen LogP contribution in [0, 0.1) is 0 Å². The van der Waals surface area contributed by atoms with Crippen LogP contribution < -0.4 is 10.6 Å². The summed E-state index contributed by atoms with van der Waals surface area (Å²) in [5.41, 5.74) is 2.31. The van der Waals surface area contributed by atoms with Gasteiger partial charge in [0.2, 0.25) is 0 Å². The van der Waals surface area contributed by atoms with Gasteiger partial charge in [0.25, 0.3) is 5.91 Å². The number of nitrogens with one attached hydrogen (secondary N) is 3. The van der Waals surface area contributed by atoms with Crippen LogP contribution in [-0.2, 0) is 6.54 Å². The number of carbonyl (C=O) groups is 1. The smallest absolute Gasteiger partial charge is 0.272 e. The van der Waals surface area contributed by atoms with Crippen LogP contribution in [0.2, 0.25) is 0 Å². The quantitative estimate of drug-likeness (QED) is 0.680. The molecule has 3 N–H and O–H groups in total. The number of aromatic nitrogens is 4. The first-order chi connectivity index (χ1) is 11.8. The summed E-state index contributed by atoms with van der Waals surface area (Å²) >= 11 is 0. The number of carbonyl (C=O) groups excluding carboxylic acids is 1. The zero-order chi connectivity index (χ0) is 16.4. The van der Waals surface area contributed by atoms with Crippen molar-refractivity contribution in [1.82, 2.24) is 30.4 Å². The Kier molecular flexibility index (Phi) is 4.00. The largest absolute Gasteiger partial charge is 0.343 e. The van der Waals surface area contributed by atoms with E-state index in [4.69, 9.17) is 0 Å². The molecule has 1 aliphatic heterocycles. The minimum Gasteiger partial charge on any atom is -0.343 e. The van der Waals surface area contributed by atoms with Crippen molar-refractivity contribution < 1.29 is 4.79 Å². The van der Waals surface area contributed by atoms with Crippen molar-refractivity contribution in [3.63, 3.8) is 0 Å². The van der Waals surface area contributed by atoms with Crippen molar-refractivity contribution in [3.8, 4) is 0 Å². The highest BCUT2D eigenvalue weighted by atomic mass is 16.1. The maximum absolute atomic E-state index is 12.3. The number of aromatic amines is 1. The third-order valence-corrected chi connectivity index (χ3v) is 4.34. The first kappa shape index (κ1) is 14.9. The fraction of sp³-hybridized carbons (Fsp3) is 0.353. The highest BCUT2D eigenvalue weighted by molar-refractivity contribution is 5.92.